The molecule has 0 amide bonds. The Hall–Kier alpha value is -3.46. The molecule has 8 nitrogen and oxygen atoms in total. The Morgan fingerprint density at radius 3 is 2.55 bits per heavy atom. The summed E-state index contributed by atoms with van der Waals surface area (Å²) in [5.74, 6) is 1.20. The number of fused-ring (bicyclic) bond motifs is 4. The number of benzene rings is 3. The van der Waals surface area contributed by atoms with Crippen LogP contribution in [0.1, 0.15) is 25.7 Å². The molecule has 2 bridgehead atoms. The summed E-state index contributed by atoms with van der Waals surface area (Å²) in [6.45, 7) is 4.44. The van der Waals surface area contributed by atoms with E-state index in [9.17, 15) is 10.2 Å². The van der Waals surface area contributed by atoms with Crippen LogP contribution < -0.4 is 9.64 Å². The number of aliphatic hydroxyl groups excluding tert-OH is 1. The molecule has 0 aliphatic carbocycles. The van der Waals surface area contributed by atoms with Crippen molar-refractivity contribution in [1.29, 1.82) is 0 Å². The average Bonchev–Trinajstić information content (AvgIpc) is 3.49. The van der Waals surface area contributed by atoms with Crippen molar-refractivity contribution in [3.63, 3.8) is 0 Å². The Kier molecular flexibility index (Phi) is 6.70. The Bertz CT molecular complexity index is 1530. The molecular weight excluding hydrogens is 502 g/mol. The van der Waals surface area contributed by atoms with Crippen molar-refractivity contribution in [2.75, 3.05) is 51.3 Å². The normalized spacial score (nSPS) is 23.4. The first-order valence-electron chi connectivity index (χ1n) is 14.6. The summed E-state index contributed by atoms with van der Waals surface area (Å²) < 4.78 is 6.31. The molecule has 3 aliphatic heterocycles. The van der Waals surface area contributed by atoms with E-state index in [1.54, 1.807) is 6.07 Å². The number of anilines is 1. The SMILES string of the molecule is CN1CCC[C@H]1COc1nc(N2[C@@H]3CC[C@H]2CN(CCO)C3)c2ccc(-c3cc(O)cc4ccccc34)cc2n1. The van der Waals surface area contributed by atoms with Gasteiger partial charge in [0.1, 0.15) is 18.2 Å². The van der Waals surface area contributed by atoms with Crippen molar-refractivity contribution in [2.45, 2.75) is 43.8 Å². The lowest BCUT2D eigenvalue weighted by molar-refractivity contribution is 0.167. The standard InChI is InChI=1S/C32H37N5O3/c1-35-12-4-6-25(35)20-40-32-33-30-16-22(29-17-26(39)15-21-5-2-3-7-27(21)29)8-11-28(30)31(34-32)37-23-9-10-24(37)19-36(18-23)13-14-38/h2-3,5,7-8,11,15-17,23-25,38-39H,4,6,9-10,12-14,18-20H2,1H3/t23-,24+,25-/m0/s1. The number of rotatable bonds is 7. The monoisotopic (exact) mass is 539 g/mol. The molecule has 0 radical (unpaired) electrons. The maximum atomic E-state index is 10.5. The number of phenols is 1. The molecule has 208 valence electrons. The molecule has 0 spiro atoms. The lowest BCUT2D eigenvalue weighted by atomic mass is 9.97. The van der Waals surface area contributed by atoms with Gasteiger partial charge in [0.25, 0.3) is 0 Å². The highest BCUT2D eigenvalue weighted by molar-refractivity contribution is 6.01. The molecule has 7 rings (SSSR count). The highest BCUT2D eigenvalue weighted by atomic mass is 16.5. The van der Waals surface area contributed by atoms with Gasteiger partial charge in [0.2, 0.25) is 0 Å². The fraction of sp³-hybridized carbons (Fsp3) is 0.438. The summed E-state index contributed by atoms with van der Waals surface area (Å²) in [4.78, 5) is 17.2. The molecule has 3 aromatic carbocycles. The van der Waals surface area contributed by atoms with E-state index in [0.717, 1.165) is 84.1 Å². The van der Waals surface area contributed by atoms with Gasteiger partial charge >= 0.3 is 6.01 Å². The Morgan fingerprint density at radius 1 is 0.950 bits per heavy atom. The van der Waals surface area contributed by atoms with Crippen LogP contribution in [-0.2, 0) is 0 Å². The van der Waals surface area contributed by atoms with Crippen LogP contribution in [0.15, 0.2) is 54.6 Å². The fourth-order valence-electron chi connectivity index (χ4n) is 7.08. The zero-order valence-corrected chi connectivity index (χ0v) is 23.0. The zero-order valence-electron chi connectivity index (χ0n) is 23.0. The van der Waals surface area contributed by atoms with Gasteiger partial charge in [0.15, 0.2) is 0 Å². The predicted molar refractivity (Wildman–Crippen MR) is 158 cm³/mol. The van der Waals surface area contributed by atoms with E-state index in [4.69, 9.17) is 14.7 Å². The van der Waals surface area contributed by atoms with Crippen LogP contribution in [0.25, 0.3) is 32.8 Å². The van der Waals surface area contributed by atoms with E-state index >= 15 is 0 Å². The number of likely N-dealkylation sites (tertiary alicyclic amines) is 2. The number of ether oxygens (including phenoxy) is 1. The topological polar surface area (TPSA) is 85.2 Å². The number of β-amino-alcohol motifs (C(OH)–C–C–N with tert-alkyl or cyclic N) is 1. The number of aromatic nitrogens is 2. The third kappa shape index (κ3) is 4.64. The molecule has 3 atom stereocenters. The van der Waals surface area contributed by atoms with Crippen molar-refractivity contribution in [2.24, 2.45) is 0 Å². The van der Waals surface area contributed by atoms with Gasteiger partial charge in [-0.15, -0.1) is 0 Å². The Balaban J connectivity index is 1.31. The minimum absolute atomic E-state index is 0.190. The first-order chi connectivity index (χ1) is 19.6. The van der Waals surface area contributed by atoms with Crippen molar-refractivity contribution < 1.29 is 14.9 Å². The largest absolute Gasteiger partial charge is 0.508 e. The van der Waals surface area contributed by atoms with Gasteiger partial charge in [-0.2, -0.15) is 9.97 Å². The lowest BCUT2D eigenvalue weighted by Crippen LogP contribution is -2.54. The Morgan fingerprint density at radius 2 is 1.77 bits per heavy atom. The molecule has 2 N–H and O–H groups in total. The van der Waals surface area contributed by atoms with Crippen molar-refractivity contribution >= 4 is 27.5 Å². The second kappa shape index (κ2) is 10.5. The molecule has 3 aliphatic rings. The summed E-state index contributed by atoms with van der Waals surface area (Å²) in [7, 11) is 2.16. The van der Waals surface area contributed by atoms with Gasteiger partial charge in [0, 0.05) is 43.1 Å². The minimum Gasteiger partial charge on any atom is -0.508 e. The van der Waals surface area contributed by atoms with Crippen LogP contribution in [0.4, 0.5) is 5.82 Å². The molecule has 4 heterocycles. The third-order valence-corrected chi connectivity index (χ3v) is 9.11. The van der Waals surface area contributed by atoms with Gasteiger partial charge in [-0.05, 0) is 85.4 Å². The van der Waals surface area contributed by atoms with E-state index < -0.39 is 0 Å². The van der Waals surface area contributed by atoms with Gasteiger partial charge in [-0.25, -0.2) is 0 Å². The summed E-state index contributed by atoms with van der Waals surface area (Å²) in [6.07, 6.45) is 4.56. The van der Waals surface area contributed by atoms with Crippen LogP contribution in [-0.4, -0.2) is 94.5 Å². The number of aliphatic hydroxyl groups is 1. The average molecular weight is 540 g/mol. The van der Waals surface area contributed by atoms with Crippen LogP contribution >= 0.6 is 0 Å². The predicted octanol–water partition coefficient (Wildman–Crippen LogP) is 4.27. The molecule has 4 aromatic rings. The zero-order chi connectivity index (χ0) is 27.2. The van der Waals surface area contributed by atoms with Gasteiger partial charge in [-0.1, -0.05) is 30.3 Å². The van der Waals surface area contributed by atoms with Crippen LogP contribution in [0, 0.1) is 0 Å². The summed E-state index contributed by atoms with van der Waals surface area (Å²) in [5, 5.41) is 23.1. The molecular formula is C32H37N5O3. The van der Waals surface area contributed by atoms with Crippen molar-refractivity contribution in [3.05, 3.63) is 54.6 Å². The second-order valence-electron chi connectivity index (χ2n) is 11.6. The summed E-state index contributed by atoms with van der Waals surface area (Å²) in [6, 6.07) is 19.7. The van der Waals surface area contributed by atoms with Crippen molar-refractivity contribution in [1.82, 2.24) is 19.8 Å². The van der Waals surface area contributed by atoms with E-state index in [2.05, 4.69) is 46.0 Å². The molecule has 40 heavy (non-hydrogen) atoms. The summed E-state index contributed by atoms with van der Waals surface area (Å²) in [5.41, 5.74) is 2.83. The molecule has 0 saturated carbocycles. The van der Waals surface area contributed by atoms with E-state index in [0.29, 0.717) is 30.7 Å². The minimum atomic E-state index is 0.190. The number of aromatic hydroxyl groups is 1. The number of phenolic OH excluding ortho intramolecular Hbond substituents is 1. The number of piperazine rings is 1. The van der Waals surface area contributed by atoms with E-state index in [1.165, 1.54) is 6.42 Å². The third-order valence-electron chi connectivity index (χ3n) is 9.11. The van der Waals surface area contributed by atoms with Gasteiger partial charge in [0.05, 0.1) is 12.1 Å². The lowest BCUT2D eigenvalue weighted by Gasteiger charge is -2.42. The quantitative estimate of drug-likeness (QED) is 0.360. The maximum Gasteiger partial charge on any atom is 0.319 e. The molecule has 0 unspecified atom stereocenters. The highest BCUT2D eigenvalue weighted by Crippen LogP contribution is 2.40. The second-order valence-corrected chi connectivity index (χ2v) is 11.6. The Labute approximate surface area is 234 Å². The number of likely N-dealkylation sites (N-methyl/N-ethyl adjacent to an activating group) is 1. The number of nitrogens with zero attached hydrogens (tertiary/aromatic N) is 5. The first kappa shape index (κ1) is 25.5. The first-order valence-corrected chi connectivity index (χ1v) is 14.6. The van der Waals surface area contributed by atoms with Crippen LogP contribution in [0.5, 0.6) is 11.8 Å². The maximum absolute atomic E-state index is 10.5. The van der Waals surface area contributed by atoms with Crippen LogP contribution in [0.2, 0.25) is 0 Å². The van der Waals surface area contributed by atoms with E-state index in [1.807, 2.05) is 24.3 Å². The molecule has 8 heteroatoms. The van der Waals surface area contributed by atoms with Gasteiger partial charge < -0.3 is 24.7 Å². The van der Waals surface area contributed by atoms with E-state index in [-0.39, 0.29) is 12.4 Å². The van der Waals surface area contributed by atoms with Crippen molar-refractivity contribution in [3.8, 4) is 22.9 Å². The van der Waals surface area contributed by atoms with Gasteiger partial charge in [-0.3, -0.25) is 4.90 Å². The number of hydrogen-bond donors (Lipinski definition) is 2. The number of hydrogen-bond acceptors (Lipinski definition) is 8. The highest BCUT2D eigenvalue weighted by Gasteiger charge is 2.41. The summed E-state index contributed by atoms with van der Waals surface area (Å²) >= 11 is 0. The molecule has 1 aromatic heterocycles. The smallest absolute Gasteiger partial charge is 0.319 e. The van der Waals surface area contributed by atoms with Crippen LogP contribution in [0.3, 0.4) is 0 Å². The molecule has 3 saturated heterocycles. The molecule has 3 fully saturated rings. The fourth-order valence-corrected chi connectivity index (χ4v) is 7.08.